The smallest absolute Gasteiger partial charge is 0.293 e. The van der Waals surface area contributed by atoms with E-state index < -0.39 is 11.1 Å². The molecular formula is C13H22O5S. The molecule has 2 aliphatic rings. The molecule has 110 valence electrons. The van der Waals surface area contributed by atoms with E-state index in [0.717, 1.165) is 51.4 Å². The predicted molar refractivity (Wildman–Crippen MR) is 71.1 cm³/mol. The summed E-state index contributed by atoms with van der Waals surface area (Å²) in [6.45, 7) is 0.530. The summed E-state index contributed by atoms with van der Waals surface area (Å²) >= 11 is -1.69. The normalized spacial score (nSPS) is 37.5. The summed E-state index contributed by atoms with van der Waals surface area (Å²) in [5, 5.41) is -0.0726. The summed E-state index contributed by atoms with van der Waals surface area (Å²) < 4.78 is 31.1. The van der Waals surface area contributed by atoms with Gasteiger partial charge in [0.05, 0.1) is 17.5 Å². The lowest BCUT2D eigenvalue weighted by molar-refractivity contribution is -0.137. The van der Waals surface area contributed by atoms with Gasteiger partial charge in [0.25, 0.3) is 6.47 Å². The van der Waals surface area contributed by atoms with Gasteiger partial charge in [-0.15, -0.1) is 0 Å². The van der Waals surface area contributed by atoms with Crippen LogP contribution in [-0.4, -0.2) is 38.8 Å². The van der Waals surface area contributed by atoms with E-state index in [1.807, 2.05) is 0 Å². The first-order chi connectivity index (χ1) is 9.19. The van der Waals surface area contributed by atoms with Gasteiger partial charge in [-0.3, -0.25) is 4.79 Å². The molecule has 0 bridgehead atoms. The van der Waals surface area contributed by atoms with Gasteiger partial charge >= 0.3 is 0 Å². The summed E-state index contributed by atoms with van der Waals surface area (Å²) in [5.41, 5.74) is 0. The van der Waals surface area contributed by atoms with Crippen LogP contribution in [-0.2, 0) is 25.3 Å². The summed E-state index contributed by atoms with van der Waals surface area (Å²) in [6.07, 6.45) is 7.47. The van der Waals surface area contributed by atoms with Gasteiger partial charge in [0, 0.05) is 0 Å². The second-order valence-corrected chi connectivity index (χ2v) is 6.66. The fourth-order valence-electron chi connectivity index (χ4n) is 3.03. The minimum Gasteiger partial charge on any atom is -0.465 e. The Morgan fingerprint density at radius 2 is 1.37 bits per heavy atom. The molecule has 1 atom stereocenters. The van der Waals surface area contributed by atoms with Gasteiger partial charge in [0.15, 0.2) is 11.1 Å². The van der Waals surface area contributed by atoms with Crippen molar-refractivity contribution in [2.24, 2.45) is 0 Å². The van der Waals surface area contributed by atoms with Gasteiger partial charge in [-0.05, 0) is 51.4 Å². The van der Waals surface area contributed by atoms with Crippen LogP contribution in [0.15, 0.2) is 0 Å². The third-order valence-electron chi connectivity index (χ3n) is 4.16. The molecule has 2 aliphatic carbocycles. The minimum absolute atomic E-state index is 0.0601. The Hall–Kier alpha value is -0.460. The SMILES string of the molecule is O=COC1CCC(OC2CCC(S(=O)O)CC2)CC1. The third kappa shape index (κ3) is 4.54. The van der Waals surface area contributed by atoms with Crippen molar-refractivity contribution in [2.45, 2.75) is 74.9 Å². The fourth-order valence-corrected chi connectivity index (χ4v) is 3.70. The standard InChI is InChI=1S/C13H22O5S/c14-9-17-10-1-3-11(4-2-10)18-12-5-7-13(8-6-12)19(15)16/h9-13H,1-8H2,(H,15,16). The van der Waals surface area contributed by atoms with E-state index in [-0.39, 0.29) is 23.6 Å². The molecule has 0 radical (unpaired) electrons. The molecule has 1 N–H and O–H groups in total. The largest absolute Gasteiger partial charge is 0.465 e. The zero-order valence-corrected chi connectivity index (χ0v) is 11.8. The van der Waals surface area contributed by atoms with Gasteiger partial charge in [-0.1, -0.05) is 0 Å². The molecule has 0 spiro atoms. The Labute approximate surface area is 116 Å². The van der Waals surface area contributed by atoms with Crippen molar-refractivity contribution in [1.82, 2.24) is 0 Å². The quantitative estimate of drug-likeness (QED) is 0.619. The molecule has 0 aliphatic heterocycles. The van der Waals surface area contributed by atoms with Crippen LogP contribution in [0.2, 0.25) is 0 Å². The number of carbonyl (C=O) groups excluding carboxylic acids is 1. The zero-order valence-electron chi connectivity index (χ0n) is 11.0. The summed E-state index contributed by atoms with van der Waals surface area (Å²) in [6, 6.07) is 0. The average Bonchev–Trinajstić information content (AvgIpc) is 2.42. The van der Waals surface area contributed by atoms with Crippen LogP contribution in [0.25, 0.3) is 0 Å². The summed E-state index contributed by atoms with van der Waals surface area (Å²) in [4.78, 5) is 10.3. The lowest BCUT2D eigenvalue weighted by Gasteiger charge is -2.33. The van der Waals surface area contributed by atoms with Crippen LogP contribution < -0.4 is 0 Å². The Balaban J connectivity index is 1.66. The molecule has 2 rings (SSSR count). The topological polar surface area (TPSA) is 72.8 Å². The first-order valence-electron chi connectivity index (χ1n) is 7.03. The van der Waals surface area contributed by atoms with Crippen LogP contribution in [0.5, 0.6) is 0 Å². The van der Waals surface area contributed by atoms with Gasteiger partial charge in [0.1, 0.15) is 6.10 Å². The first-order valence-corrected chi connectivity index (χ1v) is 8.20. The summed E-state index contributed by atoms with van der Waals surface area (Å²) in [5.74, 6) is 0. The van der Waals surface area contributed by atoms with E-state index >= 15 is 0 Å². The third-order valence-corrected chi connectivity index (χ3v) is 5.20. The van der Waals surface area contributed by atoms with Gasteiger partial charge in [-0.25, -0.2) is 4.21 Å². The molecule has 0 saturated heterocycles. The van der Waals surface area contributed by atoms with E-state index in [2.05, 4.69) is 0 Å². The second kappa shape index (κ2) is 7.36. The van der Waals surface area contributed by atoms with Crippen molar-refractivity contribution >= 4 is 17.6 Å². The highest BCUT2D eigenvalue weighted by Crippen LogP contribution is 2.29. The van der Waals surface area contributed by atoms with Crippen molar-refractivity contribution in [3.63, 3.8) is 0 Å². The molecule has 0 heterocycles. The van der Waals surface area contributed by atoms with Gasteiger partial charge < -0.3 is 14.0 Å². The first kappa shape index (κ1) is 14.9. The van der Waals surface area contributed by atoms with Crippen molar-refractivity contribution in [3.05, 3.63) is 0 Å². The molecule has 2 saturated carbocycles. The molecule has 5 nitrogen and oxygen atoms in total. The molecule has 6 heteroatoms. The van der Waals surface area contributed by atoms with E-state index in [4.69, 9.17) is 14.0 Å². The van der Waals surface area contributed by atoms with E-state index in [1.54, 1.807) is 0 Å². The van der Waals surface area contributed by atoms with Crippen LogP contribution >= 0.6 is 0 Å². The van der Waals surface area contributed by atoms with E-state index in [1.165, 1.54) is 0 Å². The molecule has 0 aromatic carbocycles. The minimum atomic E-state index is -1.69. The molecular weight excluding hydrogens is 268 g/mol. The van der Waals surface area contributed by atoms with E-state index in [9.17, 15) is 9.00 Å². The van der Waals surface area contributed by atoms with Crippen LogP contribution in [0.4, 0.5) is 0 Å². The fraction of sp³-hybridized carbons (Fsp3) is 0.923. The second-order valence-electron chi connectivity index (χ2n) is 5.44. The van der Waals surface area contributed by atoms with Crippen molar-refractivity contribution in [3.8, 4) is 0 Å². The number of rotatable bonds is 5. The molecule has 2 fully saturated rings. The summed E-state index contributed by atoms with van der Waals surface area (Å²) in [7, 11) is 0. The Morgan fingerprint density at radius 1 is 0.895 bits per heavy atom. The molecule has 19 heavy (non-hydrogen) atoms. The number of ether oxygens (including phenoxy) is 2. The maximum absolute atomic E-state index is 11.0. The number of hydrogen-bond donors (Lipinski definition) is 1. The molecule has 0 aromatic heterocycles. The van der Waals surface area contributed by atoms with Crippen LogP contribution in [0.3, 0.4) is 0 Å². The lowest BCUT2D eigenvalue weighted by atomic mass is 9.93. The monoisotopic (exact) mass is 290 g/mol. The van der Waals surface area contributed by atoms with Gasteiger partial charge in [-0.2, -0.15) is 0 Å². The maximum Gasteiger partial charge on any atom is 0.293 e. The van der Waals surface area contributed by atoms with E-state index in [0.29, 0.717) is 6.47 Å². The Morgan fingerprint density at radius 3 is 1.84 bits per heavy atom. The van der Waals surface area contributed by atoms with Gasteiger partial charge in [0.2, 0.25) is 0 Å². The Bertz CT molecular complexity index is 306. The molecule has 1 unspecified atom stereocenters. The molecule has 0 aromatic rings. The van der Waals surface area contributed by atoms with Crippen molar-refractivity contribution < 1.29 is 23.0 Å². The number of hydrogen-bond acceptors (Lipinski definition) is 4. The highest BCUT2D eigenvalue weighted by atomic mass is 32.2. The highest BCUT2D eigenvalue weighted by molar-refractivity contribution is 7.79. The maximum atomic E-state index is 11.0. The highest BCUT2D eigenvalue weighted by Gasteiger charge is 2.29. The van der Waals surface area contributed by atoms with Crippen molar-refractivity contribution in [2.75, 3.05) is 0 Å². The predicted octanol–water partition coefficient (Wildman–Crippen LogP) is 2.02. The Kier molecular flexibility index (Phi) is 5.78. The zero-order chi connectivity index (χ0) is 13.7. The number of carbonyl (C=O) groups is 1. The lowest BCUT2D eigenvalue weighted by Crippen LogP contribution is -2.33. The molecule has 0 amide bonds. The van der Waals surface area contributed by atoms with Crippen LogP contribution in [0, 0.1) is 0 Å². The average molecular weight is 290 g/mol. The van der Waals surface area contributed by atoms with Crippen LogP contribution in [0.1, 0.15) is 51.4 Å². The van der Waals surface area contributed by atoms with Crippen molar-refractivity contribution in [1.29, 1.82) is 0 Å².